The molecule has 110 valence electrons. The van der Waals surface area contributed by atoms with Crippen LogP contribution in [0.25, 0.3) is 10.8 Å². The lowest BCUT2D eigenvalue weighted by atomic mass is 9.94. The lowest BCUT2D eigenvalue weighted by Crippen LogP contribution is -2.17. The second-order valence-electron chi connectivity index (χ2n) is 5.45. The van der Waals surface area contributed by atoms with Gasteiger partial charge in [0.05, 0.1) is 6.04 Å². The number of fused-ring (bicyclic) bond motifs is 2. The first kappa shape index (κ1) is 13.2. The van der Waals surface area contributed by atoms with Crippen LogP contribution in [0.1, 0.15) is 17.2 Å². The van der Waals surface area contributed by atoms with E-state index in [0.717, 1.165) is 22.6 Å². The van der Waals surface area contributed by atoms with E-state index in [2.05, 4.69) is 30.3 Å². The average Bonchev–Trinajstić information content (AvgIpc) is 2.60. The molecule has 0 aliphatic carbocycles. The zero-order valence-electron chi connectivity index (χ0n) is 12.2. The van der Waals surface area contributed by atoms with Crippen molar-refractivity contribution in [2.24, 2.45) is 5.73 Å². The molecule has 3 aromatic carbocycles. The summed E-state index contributed by atoms with van der Waals surface area (Å²) in [5, 5.41) is 2.39. The van der Waals surface area contributed by atoms with Crippen molar-refractivity contribution in [2.45, 2.75) is 6.04 Å². The fourth-order valence-corrected chi connectivity index (χ4v) is 2.95. The summed E-state index contributed by atoms with van der Waals surface area (Å²) in [6.45, 7) is 1.18. The molecule has 1 heterocycles. The Hall–Kier alpha value is -2.52. The van der Waals surface area contributed by atoms with Gasteiger partial charge in [-0.05, 0) is 34.0 Å². The molecule has 0 bridgehead atoms. The monoisotopic (exact) mass is 291 g/mol. The SMILES string of the molecule is NC(c1ccc2c(c1)OCCO2)c1cccc2ccccc12. The maximum Gasteiger partial charge on any atom is 0.161 e. The van der Waals surface area contributed by atoms with E-state index >= 15 is 0 Å². The molecule has 0 saturated heterocycles. The van der Waals surface area contributed by atoms with E-state index < -0.39 is 0 Å². The Morgan fingerprint density at radius 1 is 0.818 bits per heavy atom. The van der Waals surface area contributed by atoms with Gasteiger partial charge in [-0.2, -0.15) is 0 Å². The highest BCUT2D eigenvalue weighted by molar-refractivity contribution is 5.86. The molecule has 3 aromatic rings. The van der Waals surface area contributed by atoms with Gasteiger partial charge >= 0.3 is 0 Å². The Balaban J connectivity index is 1.78. The number of nitrogens with two attached hydrogens (primary N) is 1. The molecule has 22 heavy (non-hydrogen) atoms. The topological polar surface area (TPSA) is 44.5 Å². The van der Waals surface area contributed by atoms with Crippen molar-refractivity contribution < 1.29 is 9.47 Å². The fraction of sp³-hybridized carbons (Fsp3) is 0.158. The Morgan fingerprint density at radius 2 is 1.59 bits per heavy atom. The largest absolute Gasteiger partial charge is 0.486 e. The van der Waals surface area contributed by atoms with E-state index in [-0.39, 0.29) is 6.04 Å². The smallest absolute Gasteiger partial charge is 0.161 e. The number of hydrogen-bond acceptors (Lipinski definition) is 3. The molecule has 1 unspecified atom stereocenters. The van der Waals surface area contributed by atoms with E-state index in [1.807, 2.05) is 30.3 Å². The third-order valence-electron chi connectivity index (χ3n) is 4.08. The minimum Gasteiger partial charge on any atom is -0.486 e. The van der Waals surface area contributed by atoms with Crippen LogP contribution in [-0.4, -0.2) is 13.2 Å². The second-order valence-corrected chi connectivity index (χ2v) is 5.45. The number of hydrogen-bond donors (Lipinski definition) is 1. The third-order valence-corrected chi connectivity index (χ3v) is 4.08. The minimum absolute atomic E-state index is 0.193. The highest BCUT2D eigenvalue weighted by atomic mass is 16.6. The molecule has 1 atom stereocenters. The summed E-state index contributed by atoms with van der Waals surface area (Å²) < 4.78 is 11.2. The molecule has 0 saturated carbocycles. The zero-order valence-corrected chi connectivity index (χ0v) is 12.2. The average molecular weight is 291 g/mol. The van der Waals surface area contributed by atoms with Gasteiger partial charge in [0.1, 0.15) is 13.2 Å². The van der Waals surface area contributed by atoms with Crippen LogP contribution in [0.2, 0.25) is 0 Å². The van der Waals surface area contributed by atoms with Gasteiger partial charge in [-0.15, -0.1) is 0 Å². The highest BCUT2D eigenvalue weighted by Crippen LogP contribution is 2.35. The first-order valence-electron chi connectivity index (χ1n) is 7.46. The first-order chi connectivity index (χ1) is 10.8. The first-order valence-corrected chi connectivity index (χ1v) is 7.46. The summed E-state index contributed by atoms with van der Waals surface area (Å²) in [6.07, 6.45) is 0. The van der Waals surface area contributed by atoms with Gasteiger partial charge in [-0.1, -0.05) is 48.5 Å². The predicted molar refractivity (Wildman–Crippen MR) is 87.4 cm³/mol. The van der Waals surface area contributed by atoms with E-state index in [9.17, 15) is 0 Å². The predicted octanol–water partition coefficient (Wildman–Crippen LogP) is 3.66. The number of benzene rings is 3. The highest BCUT2D eigenvalue weighted by Gasteiger charge is 2.17. The standard InChI is InChI=1S/C19H17NO2/c20-19(14-8-9-17-18(12-14)22-11-10-21-17)16-7-3-5-13-4-1-2-6-15(13)16/h1-9,12,19H,10-11,20H2. The Labute approximate surface area is 129 Å². The van der Waals surface area contributed by atoms with Crippen LogP contribution in [-0.2, 0) is 0 Å². The van der Waals surface area contributed by atoms with Crippen molar-refractivity contribution >= 4 is 10.8 Å². The Morgan fingerprint density at radius 3 is 2.50 bits per heavy atom. The van der Waals surface area contributed by atoms with Crippen molar-refractivity contribution in [3.8, 4) is 11.5 Å². The summed E-state index contributed by atoms with van der Waals surface area (Å²) in [5.74, 6) is 1.57. The molecule has 2 N–H and O–H groups in total. The fourth-order valence-electron chi connectivity index (χ4n) is 2.95. The lowest BCUT2D eigenvalue weighted by molar-refractivity contribution is 0.171. The molecule has 0 radical (unpaired) electrons. The van der Waals surface area contributed by atoms with Crippen molar-refractivity contribution in [1.29, 1.82) is 0 Å². The maximum atomic E-state index is 6.52. The molecule has 0 aromatic heterocycles. The summed E-state index contributed by atoms with van der Waals surface area (Å²) in [5.41, 5.74) is 8.67. The molecule has 4 rings (SSSR count). The molecule has 0 amide bonds. The van der Waals surface area contributed by atoms with Gasteiger partial charge in [0, 0.05) is 0 Å². The van der Waals surface area contributed by atoms with Crippen LogP contribution in [0.5, 0.6) is 11.5 Å². The molecule has 3 nitrogen and oxygen atoms in total. The van der Waals surface area contributed by atoms with Crippen molar-refractivity contribution in [3.63, 3.8) is 0 Å². The second kappa shape index (κ2) is 5.35. The Bertz CT molecular complexity index is 823. The van der Waals surface area contributed by atoms with Crippen molar-refractivity contribution in [1.82, 2.24) is 0 Å². The van der Waals surface area contributed by atoms with Crippen LogP contribution in [0, 0.1) is 0 Å². The van der Waals surface area contributed by atoms with Crippen LogP contribution >= 0.6 is 0 Å². The van der Waals surface area contributed by atoms with Crippen LogP contribution in [0.4, 0.5) is 0 Å². The van der Waals surface area contributed by atoms with E-state index in [1.54, 1.807) is 0 Å². The van der Waals surface area contributed by atoms with Gasteiger partial charge < -0.3 is 15.2 Å². The summed E-state index contributed by atoms with van der Waals surface area (Å²) >= 11 is 0. The normalized spacial score (nSPS) is 14.8. The minimum atomic E-state index is -0.193. The van der Waals surface area contributed by atoms with Crippen LogP contribution < -0.4 is 15.2 Å². The molecule has 0 spiro atoms. The van der Waals surface area contributed by atoms with Gasteiger partial charge in [-0.3, -0.25) is 0 Å². The molecule has 1 aliphatic heterocycles. The van der Waals surface area contributed by atoms with Gasteiger partial charge in [0.25, 0.3) is 0 Å². The summed E-state index contributed by atoms with van der Waals surface area (Å²) in [4.78, 5) is 0. The molecule has 3 heteroatoms. The van der Waals surface area contributed by atoms with E-state index in [4.69, 9.17) is 15.2 Å². The van der Waals surface area contributed by atoms with Gasteiger partial charge in [-0.25, -0.2) is 0 Å². The van der Waals surface area contributed by atoms with Crippen LogP contribution in [0.15, 0.2) is 60.7 Å². The van der Waals surface area contributed by atoms with E-state index in [1.165, 1.54) is 10.8 Å². The summed E-state index contributed by atoms with van der Waals surface area (Å²) in [7, 11) is 0. The van der Waals surface area contributed by atoms with Gasteiger partial charge in [0.15, 0.2) is 11.5 Å². The van der Waals surface area contributed by atoms with Crippen molar-refractivity contribution in [3.05, 3.63) is 71.8 Å². The quantitative estimate of drug-likeness (QED) is 0.783. The number of rotatable bonds is 2. The third kappa shape index (κ3) is 2.20. The molecular weight excluding hydrogens is 274 g/mol. The molecular formula is C19H17NO2. The zero-order chi connectivity index (χ0) is 14.9. The molecule has 1 aliphatic rings. The van der Waals surface area contributed by atoms with Gasteiger partial charge in [0.2, 0.25) is 0 Å². The van der Waals surface area contributed by atoms with E-state index in [0.29, 0.717) is 13.2 Å². The maximum absolute atomic E-state index is 6.52. The van der Waals surface area contributed by atoms with Crippen molar-refractivity contribution in [2.75, 3.05) is 13.2 Å². The Kier molecular flexibility index (Phi) is 3.20. The lowest BCUT2D eigenvalue weighted by Gasteiger charge is -2.21. The van der Waals surface area contributed by atoms with Crippen LogP contribution in [0.3, 0.4) is 0 Å². The summed E-state index contributed by atoms with van der Waals surface area (Å²) in [6, 6.07) is 20.3. The molecule has 0 fully saturated rings. The number of ether oxygens (including phenoxy) is 2.